The van der Waals surface area contributed by atoms with Crippen LogP contribution in [0.4, 0.5) is 0 Å². The van der Waals surface area contributed by atoms with Gasteiger partial charge in [0.1, 0.15) is 0 Å². The van der Waals surface area contributed by atoms with Gasteiger partial charge in [-0.3, -0.25) is 9.59 Å². The summed E-state index contributed by atoms with van der Waals surface area (Å²) in [6.07, 6.45) is 2.61. The number of carbonyl (C=O) groups is 2. The molecule has 0 aromatic carbocycles. The molecular weight excluding hydrogens is 230 g/mol. The molecule has 0 aromatic rings. The van der Waals surface area contributed by atoms with Gasteiger partial charge in [-0.1, -0.05) is 6.92 Å². The zero-order valence-corrected chi connectivity index (χ0v) is 11.4. The predicted molar refractivity (Wildman–Crippen MR) is 69.0 cm³/mol. The molecule has 5 nitrogen and oxygen atoms in total. The molecule has 1 atom stereocenters. The van der Waals surface area contributed by atoms with Crippen molar-refractivity contribution in [3.63, 3.8) is 0 Å². The van der Waals surface area contributed by atoms with Crippen LogP contribution in [0.5, 0.6) is 0 Å². The molecule has 2 heterocycles. The molecule has 1 N–H and O–H groups in total. The number of nitrogens with zero attached hydrogens (tertiary/aromatic N) is 2. The Morgan fingerprint density at radius 1 is 1.44 bits per heavy atom. The SMILES string of the molecule is CCC1(C(=O)N2CCCN(C)C(=O)C2)CCNC1. The van der Waals surface area contributed by atoms with Crippen molar-refractivity contribution in [2.45, 2.75) is 26.2 Å². The number of hydrogen-bond donors (Lipinski definition) is 1. The first kappa shape index (κ1) is 13.3. The quantitative estimate of drug-likeness (QED) is 0.757. The van der Waals surface area contributed by atoms with Crippen molar-refractivity contribution in [1.29, 1.82) is 0 Å². The van der Waals surface area contributed by atoms with Gasteiger partial charge in [0.05, 0.1) is 12.0 Å². The van der Waals surface area contributed by atoms with Crippen molar-refractivity contribution in [3.05, 3.63) is 0 Å². The van der Waals surface area contributed by atoms with E-state index < -0.39 is 0 Å². The highest BCUT2D eigenvalue weighted by Crippen LogP contribution is 2.32. The molecule has 18 heavy (non-hydrogen) atoms. The van der Waals surface area contributed by atoms with Crippen LogP contribution in [0.3, 0.4) is 0 Å². The van der Waals surface area contributed by atoms with E-state index in [4.69, 9.17) is 0 Å². The summed E-state index contributed by atoms with van der Waals surface area (Å²) in [5.41, 5.74) is -0.275. The molecule has 2 rings (SSSR count). The van der Waals surface area contributed by atoms with Crippen molar-refractivity contribution >= 4 is 11.8 Å². The molecule has 0 bridgehead atoms. The lowest BCUT2D eigenvalue weighted by molar-refractivity contribution is -0.145. The number of likely N-dealkylation sites (N-methyl/N-ethyl adjacent to an activating group) is 1. The van der Waals surface area contributed by atoms with E-state index in [2.05, 4.69) is 12.2 Å². The molecule has 102 valence electrons. The minimum Gasteiger partial charge on any atom is -0.344 e. The molecule has 2 aliphatic heterocycles. The third-order valence-electron chi connectivity index (χ3n) is 4.33. The first-order chi connectivity index (χ1) is 8.59. The maximum atomic E-state index is 12.7. The Kier molecular flexibility index (Phi) is 3.90. The first-order valence-corrected chi connectivity index (χ1v) is 6.83. The Morgan fingerprint density at radius 2 is 2.22 bits per heavy atom. The lowest BCUT2D eigenvalue weighted by Gasteiger charge is -2.32. The van der Waals surface area contributed by atoms with Crippen molar-refractivity contribution < 1.29 is 9.59 Å². The van der Waals surface area contributed by atoms with E-state index in [1.54, 1.807) is 9.80 Å². The van der Waals surface area contributed by atoms with E-state index in [0.717, 1.165) is 38.9 Å². The van der Waals surface area contributed by atoms with Crippen molar-refractivity contribution in [3.8, 4) is 0 Å². The van der Waals surface area contributed by atoms with Crippen LogP contribution in [0, 0.1) is 5.41 Å². The van der Waals surface area contributed by atoms with E-state index in [1.165, 1.54) is 0 Å². The smallest absolute Gasteiger partial charge is 0.241 e. The third kappa shape index (κ3) is 2.36. The van der Waals surface area contributed by atoms with Crippen LogP contribution in [0.25, 0.3) is 0 Å². The van der Waals surface area contributed by atoms with E-state index in [9.17, 15) is 9.59 Å². The summed E-state index contributed by atoms with van der Waals surface area (Å²) in [6.45, 7) is 5.43. The molecule has 5 heteroatoms. The predicted octanol–water partition coefficient (Wildman–Crippen LogP) is 0.0668. The summed E-state index contributed by atoms with van der Waals surface area (Å²) in [7, 11) is 1.81. The molecular formula is C13H23N3O2. The molecule has 0 radical (unpaired) electrons. The lowest BCUT2D eigenvalue weighted by atomic mass is 9.82. The monoisotopic (exact) mass is 253 g/mol. The van der Waals surface area contributed by atoms with Gasteiger partial charge in [-0.05, 0) is 25.8 Å². The Labute approximate surface area is 108 Å². The second-order valence-corrected chi connectivity index (χ2v) is 5.46. The molecule has 2 aliphatic rings. The number of nitrogens with one attached hydrogen (secondary N) is 1. The molecule has 2 saturated heterocycles. The van der Waals surface area contributed by atoms with Gasteiger partial charge in [0.2, 0.25) is 11.8 Å². The maximum absolute atomic E-state index is 12.7. The van der Waals surface area contributed by atoms with Gasteiger partial charge >= 0.3 is 0 Å². The summed E-state index contributed by atoms with van der Waals surface area (Å²) < 4.78 is 0. The fourth-order valence-electron chi connectivity index (χ4n) is 2.87. The van der Waals surface area contributed by atoms with Gasteiger partial charge in [0.15, 0.2) is 0 Å². The third-order valence-corrected chi connectivity index (χ3v) is 4.33. The number of amides is 2. The van der Waals surface area contributed by atoms with Crippen LogP contribution in [-0.2, 0) is 9.59 Å². The van der Waals surface area contributed by atoms with Crippen LogP contribution in [0.15, 0.2) is 0 Å². The van der Waals surface area contributed by atoms with Gasteiger partial charge < -0.3 is 15.1 Å². The fourth-order valence-corrected chi connectivity index (χ4v) is 2.87. The minimum absolute atomic E-state index is 0.0538. The first-order valence-electron chi connectivity index (χ1n) is 6.83. The van der Waals surface area contributed by atoms with Gasteiger partial charge in [-0.2, -0.15) is 0 Å². The summed E-state index contributed by atoms with van der Waals surface area (Å²) in [4.78, 5) is 28.0. The van der Waals surface area contributed by atoms with E-state index >= 15 is 0 Å². The molecule has 0 spiro atoms. The van der Waals surface area contributed by atoms with Crippen molar-refractivity contribution in [1.82, 2.24) is 15.1 Å². The van der Waals surface area contributed by atoms with Crippen LogP contribution >= 0.6 is 0 Å². The van der Waals surface area contributed by atoms with Crippen LogP contribution in [0.2, 0.25) is 0 Å². The minimum atomic E-state index is -0.275. The summed E-state index contributed by atoms with van der Waals surface area (Å²) in [5.74, 6) is 0.219. The largest absolute Gasteiger partial charge is 0.344 e. The molecule has 0 saturated carbocycles. The Hall–Kier alpha value is -1.10. The number of carbonyl (C=O) groups excluding carboxylic acids is 2. The van der Waals surface area contributed by atoms with E-state index in [0.29, 0.717) is 6.54 Å². The topological polar surface area (TPSA) is 52.7 Å². The van der Waals surface area contributed by atoms with Gasteiger partial charge in [0.25, 0.3) is 0 Å². The summed E-state index contributed by atoms with van der Waals surface area (Å²) >= 11 is 0. The molecule has 1 unspecified atom stereocenters. The van der Waals surface area contributed by atoms with Crippen LogP contribution < -0.4 is 5.32 Å². The Balaban J connectivity index is 2.10. The van der Waals surface area contributed by atoms with Crippen LogP contribution in [0.1, 0.15) is 26.2 Å². The van der Waals surface area contributed by atoms with Crippen LogP contribution in [-0.4, -0.2) is 61.4 Å². The van der Waals surface area contributed by atoms with Gasteiger partial charge in [-0.25, -0.2) is 0 Å². The highest BCUT2D eigenvalue weighted by Gasteiger charge is 2.42. The average molecular weight is 253 g/mol. The summed E-state index contributed by atoms with van der Waals surface area (Å²) in [6, 6.07) is 0. The van der Waals surface area contributed by atoms with Gasteiger partial charge in [-0.15, -0.1) is 0 Å². The standard InChI is InChI=1S/C13H23N3O2/c1-3-13(5-6-14-10-13)12(18)16-8-4-7-15(2)11(17)9-16/h14H,3-10H2,1-2H3. The summed E-state index contributed by atoms with van der Waals surface area (Å²) in [5, 5.41) is 3.28. The fraction of sp³-hybridized carbons (Fsp3) is 0.846. The normalized spacial score (nSPS) is 29.6. The Bertz CT molecular complexity index is 337. The highest BCUT2D eigenvalue weighted by molar-refractivity contribution is 5.88. The second-order valence-electron chi connectivity index (χ2n) is 5.46. The zero-order chi connectivity index (χ0) is 13.2. The lowest BCUT2D eigenvalue weighted by Crippen LogP contribution is -2.47. The molecule has 0 aliphatic carbocycles. The van der Waals surface area contributed by atoms with E-state index in [1.807, 2.05) is 7.05 Å². The molecule has 2 fully saturated rings. The van der Waals surface area contributed by atoms with Crippen molar-refractivity contribution in [2.24, 2.45) is 5.41 Å². The zero-order valence-electron chi connectivity index (χ0n) is 11.4. The number of hydrogen-bond acceptors (Lipinski definition) is 3. The second kappa shape index (κ2) is 5.26. The molecule has 2 amide bonds. The number of rotatable bonds is 2. The van der Waals surface area contributed by atoms with Gasteiger partial charge in [0, 0.05) is 26.7 Å². The van der Waals surface area contributed by atoms with Crippen molar-refractivity contribution in [2.75, 3.05) is 39.8 Å². The highest BCUT2D eigenvalue weighted by atomic mass is 16.2. The maximum Gasteiger partial charge on any atom is 0.241 e. The Morgan fingerprint density at radius 3 is 2.83 bits per heavy atom. The average Bonchev–Trinajstić information content (AvgIpc) is 2.79. The van der Waals surface area contributed by atoms with E-state index in [-0.39, 0.29) is 23.8 Å². The molecule has 0 aromatic heterocycles.